The predicted molar refractivity (Wildman–Crippen MR) is 151 cm³/mol. The molecular weight excluding hydrogens is 532 g/mol. The molecule has 10 heteroatoms. The van der Waals surface area contributed by atoms with Crippen molar-refractivity contribution < 1.29 is 32.5 Å². The number of hydrogen-bond acceptors (Lipinski definition) is 8. The van der Waals surface area contributed by atoms with Crippen molar-refractivity contribution in [1.29, 1.82) is 0 Å². The Kier molecular flexibility index (Phi) is 10.6. The van der Waals surface area contributed by atoms with Crippen molar-refractivity contribution in [1.82, 2.24) is 9.62 Å². The van der Waals surface area contributed by atoms with Gasteiger partial charge >= 0.3 is 5.97 Å². The highest BCUT2D eigenvalue weighted by molar-refractivity contribution is 7.89. The van der Waals surface area contributed by atoms with Gasteiger partial charge in [0.2, 0.25) is 10.0 Å². The SMILES string of the molecule is COc1ccc(S(=O)(=O)N(CC(C)C)C[C@@H](O)[C@@H](CC(=O)OC2COCC3CCNC32)Cc2ccccc2)cc1. The van der Waals surface area contributed by atoms with Crippen LogP contribution in [-0.2, 0) is 30.7 Å². The molecule has 0 bridgehead atoms. The van der Waals surface area contributed by atoms with E-state index in [-0.39, 0.29) is 42.5 Å². The van der Waals surface area contributed by atoms with E-state index in [1.807, 2.05) is 44.2 Å². The third-order valence-electron chi connectivity index (χ3n) is 7.67. The maximum Gasteiger partial charge on any atom is 0.306 e. The second kappa shape index (κ2) is 13.9. The zero-order chi connectivity index (χ0) is 28.7. The first-order chi connectivity index (χ1) is 19.2. The van der Waals surface area contributed by atoms with Gasteiger partial charge in [-0.05, 0) is 55.1 Å². The highest BCUT2D eigenvalue weighted by atomic mass is 32.2. The summed E-state index contributed by atoms with van der Waals surface area (Å²) in [6.07, 6.45) is -0.124. The Morgan fingerprint density at radius 2 is 1.82 bits per heavy atom. The molecule has 2 fully saturated rings. The molecule has 220 valence electrons. The van der Waals surface area contributed by atoms with Gasteiger partial charge in [0, 0.05) is 24.9 Å². The Labute approximate surface area is 237 Å². The smallest absolute Gasteiger partial charge is 0.306 e. The minimum atomic E-state index is -3.91. The van der Waals surface area contributed by atoms with Crippen LogP contribution in [0.3, 0.4) is 0 Å². The maximum atomic E-state index is 13.6. The van der Waals surface area contributed by atoms with Gasteiger partial charge in [-0.3, -0.25) is 4.79 Å². The van der Waals surface area contributed by atoms with Crippen molar-refractivity contribution in [3.63, 3.8) is 0 Å². The van der Waals surface area contributed by atoms with E-state index < -0.39 is 28.0 Å². The molecule has 0 amide bonds. The highest BCUT2D eigenvalue weighted by Gasteiger charge is 2.40. The largest absolute Gasteiger partial charge is 0.497 e. The number of esters is 1. The monoisotopic (exact) mass is 574 g/mol. The first-order valence-corrected chi connectivity index (χ1v) is 15.5. The van der Waals surface area contributed by atoms with Crippen LogP contribution in [0.4, 0.5) is 0 Å². The van der Waals surface area contributed by atoms with Gasteiger partial charge < -0.3 is 24.6 Å². The lowest BCUT2D eigenvalue weighted by Gasteiger charge is -2.34. The molecule has 2 N–H and O–H groups in total. The molecule has 5 atom stereocenters. The third kappa shape index (κ3) is 7.82. The molecule has 2 saturated heterocycles. The summed E-state index contributed by atoms with van der Waals surface area (Å²) in [5, 5.41) is 14.9. The molecule has 9 nitrogen and oxygen atoms in total. The second-order valence-electron chi connectivity index (χ2n) is 11.2. The number of methoxy groups -OCH3 is 1. The van der Waals surface area contributed by atoms with Gasteiger partial charge in [0.1, 0.15) is 11.9 Å². The molecule has 2 heterocycles. The number of sulfonamides is 1. The van der Waals surface area contributed by atoms with Crippen LogP contribution in [0.25, 0.3) is 0 Å². The fraction of sp³-hybridized carbons (Fsp3) is 0.567. The number of aliphatic hydroxyl groups is 1. The van der Waals surface area contributed by atoms with Crippen LogP contribution in [0.2, 0.25) is 0 Å². The predicted octanol–water partition coefficient (Wildman–Crippen LogP) is 2.87. The van der Waals surface area contributed by atoms with Crippen molar-refractivity contribution in [2.75, 3.05) is 40.0 Å². The molecule has 40 heavy (non-hydrogen) atoms. The van der Waals surface area contributed by atoms with Crippen LogP contribution >= 0.6 is 0 Å². The lowest BCUT2D eigenvalue weighted by Crippen LogP contribution is -2.49. The summed E-state index contributed by atoms with van der Waals surface area (Å²) in [6, 6.07) is 15.9. The topological polar surface area (TPSA) is 114 Å². The van der Waals surface area contributed by atoms with Gasteiger partial charge in [0.15, 0.2) is 0 Å². The molecule has 0 saturated carbocycles. The molecule has 2 aromatic carbocycles. The highest BCUT2D eigenvalue weighted by Crippen LogP contribution is 2.27. The van der Waals surface area contributed by atoms with E-state index in [4.69, 9.17) is 14.2 Å². The van der Waals surface area contributed by atoms with Gasteiger partial charge in [-0.1, -0.05) is 44.2 Å². The minimum Gasteiger partial charge on any atom is -0.497 e. The Morgan fingerprint density at radius 3 is 2.50 bits per heavy atom. The zero-order valence-electron chi connectivity index (χ0n) is 23.6. The van der Waals surface area contributed by atoms with E-state index in [9.17, 15) is 18.3 Å². The summed E-state index contributed by atoms with van der Waals surface area (Å²) >= 11 is 0. The Morgan fingerprint density at radius 1 is 1.10 bits per heavy atom. The average Bonchev–Trinajstić information content (AvgIpc) is 3.43. The van der Waals surface area contributed by atoms with Gasteiger partial charge in [-0.25, -0.2) is 8.42 Å². The first kappa shape index (κ1) is 30.5. The standard InChI is InChI=1S/C30H42N2O7S/c1-21(2)17-32(40(35,36)26-11-9-25(37-3)10-12-26)18-27(33)24(15-22-7-5-4-6-8-22)16-29(34)39-28-20-38-19-23-13-14-31-30(23)28/h4-12,21,23-24,27-28,30-31,33H,13-20H2,1-3H3/t23?,24-,27-,28?,30?/m1/s1. The van der Waals surface area contributed by atoms with Crippen LogP contribution < -0.4 is 10.1 Å². The van der Waals surface area contributed by atoms with Gasteiger partial charge in [0.05, 0.1) is 43.8 Å². The zero-order valence-corrected chi connectivity index (χ0v) is 24.4. The minimum absolute atomic E-state index is 0.0240. The van der Waals surface area contributed by atoms with E-state index in [0.29, 0.717) is 31.3 Å². The molecule has 2 aromatic rings. The summed E-state index contributed by atoms with van der Waals surface area (Å²) in [5.41, 5.74) is 0.950. The van der Waals surface area contributed by atoms with Gasteiger partial charge in [-0.15, -0.1) is 0 Å². The third-order valence-corrected chi connectivity index (χ3v) is 9.52. The molecular formula is C30H42N2O7S. The number of nitrogens with zero attached hydrogens (tertiary/aromatic N) is 1. The lowest BCUT2D eigenvalue weighted by atomic mass is 9.90. The van der Waals surface area contributed by atoms with E-state index >= 15 is 0 Å². The van der Waals surface area contributed by atoms with E-state index in [1.54, 1.807) is 12.1 Å². The van der Waals surface area contributed by atoms with Crippen LogP contribution in [0.15, 0.2) is 59.5 Å². The quantitative estimate of drug-likeness (QED) is 0.351. The summed E-state index contributed by atoms with van der Waals surface area (Å²) in [5.74, 6) is -0.0666. The fourth-order valence-electron chi connectivity index (χ4n) is 5.57. The lowest BCUT2D eigenvalue weighted by molar-refractivity contribution is -0.161. The summed E-state index contributed by atoms with van der Waals surface area (Å²) in [6.45, 7) is 5.81. The number of fused-ring (bicyclic) bond motifs is 1. The van der Waals surface area contributed by atoms with Crippen molar-refractivity contribution in [3.05, 3.63) is 60.2 Å². The molecule has 4 rings (SSSR count). The number of nitrogens with one attached hydrogen (secondary N) is 1. The van der Waals surface area contributed by atoms with E-state index in [2.05, 4.69) is 5.32 Å². The summed E-state index contributed by atoms with van der Waals surface area (Å²) in [7, 11) is -2.39. The number of ether oxygens (including phenoxy) is 3. The van der Waals surface area contributed by atoms with Crippen LogP contribution in [-0.4, -0.2) is 82.0 Å². The maximum absolute atomic E-state index is 13.6. The van der Waals surface area contributed by atoms with Crippen molar-refractivity contribution in [2.45, 2.75) is 56.3 Å². The molecule has 0 spiro atoms. The number of benzene rings is 2. The average molecular weight is 575 g/mol. The molecule has 3 unspecified atom stereocenters. The number of aliphatic hydroxyl groups excluding tert-OH is 1. The van der Waals surface area contributed by atoms with Crippen LogP contribution in [0.1, 0.15) is 32.3 Å². The normalized spacial score (nSPS) is 22.6. The van der Waals surface area contributed by atoms with Gasteiger partial charge in [0.25, 0.3) is 0 Å². The Hall–Kier alpha value is -2.50. The number of carbonyl (C=O) groups is 1. The van der Waals surface area contributed by atoms with Crippen molar-refractivity contribution in [2.24, 2.45) is 17.8 Å². The molecule has 0 aromatic heterocycles. The Balaban J connectivity index is 1.51. The molecule has 2 aliphatic heterocycles. The molecule has 0 aliphatic carbocycles. The molecule has 2 aliphatic rings. The first-order valence-electron chi connectivity index (χ1n) is 14.0. The second-order valence-corrected chi connectivity index (χ2v) is 13.1. The molecule has 0 radical (unpaired) electrons. The van der Waals surface area contributed by atoms with Crippen molar-refractivity contribution >= 4 is 16.0 Å². The summed E-state index contributed by atoms with van der Waals surface area (Å²) < 4.78 is 45.3. The van der Waals surface area contributed by atoms with Crippen LogP contribution in [0.5, 0.6) is 5.75 Å². The number of rotatable bonds is 13. The van der Waals surface area contributed by atoms with Crippen molar-refractivity contribution in [3.8, 4) is 5.75 Å². The van der Waals surface area contributed by atoms with Gasteiger partial charge in [-0.2, -0.15) is 4.31 Å². The van der Waals surface area contributed by atoms with E-state index in [0.717, 1.165) is 18.5 Å². The summed E-state index contributed by atoms with van der Waals surface area (Å²) in [4.78, 5) is 13.3. The van der Waals surface area contributed by atoms with E-state index in [1.165, 1.54) is 23.5 Å². The van der Waals surface area contributed by atoms with Crippen LogP contribution in [0, 0.1) is 17.8 Å². The Bertz CT molecular complexity index is 1190. The fourth-order valence-corrected chi connectivity index (χ4v) is 7.20. The number of carbonyl (C=O) groups excluding carboxylic acids is 1. The number of hydrogen-bond donors (Lipinski definition) is 2.